The fourth-order valence-corrected chi connectivity index (χ4v) is 2.59. The average Bonchev–Trinajstić information content (AvgIpc) is 2.73. The van der Waals surface area contributed by atoms with Crippen molar-refractivity contribution in [2.75, 3.05) is 13.1 Å². The third-order valence-electron chi connectivity index (χ3n) is 3.28. The predicted molar refractivity (Wildman–Crippen MR) is 65.9 cm³/mol. The molecule has 1 fully saturated rings. The molecule has 2 aromatic rings. The van der Waals surface area contributed by atoms with Gasteiger partial charge in [0.05, 0.1) is 11.2 Å². The van der Waals surface area contributed by atoms with Crippen LogP contribution < -0.4 is 5.32 Å². The molecule has 0 radical (unpaired) electrons. The van der Waals surface area contributed by atoms with Crippen molar-refractivity contribution < 1.29 is 0 Å². The Morgan fingerprint density at radius 1 is 1.25 bits per heavy atom. The highest BCUT2D eigenvalue weighted by Crippen LogP contribution is 2.30. The standard InChI is InChI=1S/C12H14ClN3/c13-9-1-2-10-11(7-9)15-16-12(10)8-3-5-14-6-4-8/h1-2,7-8,14H,3-6H2,(H,15,16). The van der Waals surface area contributed by atoms with Gasteiger partial charge in [0, 0.05) is 16.3 Å². The summed E-state index contributed by atoms with van der Waals surface area (Å²) < 4.78 is 0. The first-order chi connectivity index (χ1) is 7.84. The molecular weight excluding hydrogens is 222 g/mol. The van der Waals surface area contributed by atoms with E-state index in [-0.39, 0.29) is 0 Å². The van der Waals surface area contributed by atoms with Crippen molar-refractivity contribution in [3.05, 3.63) is 28.9 Å². The van der Waals surface area contributed by atoms with E-state index in [0.29, 0.717) is 5.92 Å². The van der Waals surface area contributed by atoms with E-state index in [1.54, 1.807) is 0 Å². The zero-order chi connectivity index (χ0) is 11.0. The van der Waals surface area contributed by atoms with Crippen LogP contribution in [0, 0.1) is 0 Å². The first-order valence-electron chi connectivity index (χ1n) is 5.69. The van der Waals surface area contributed by atoms with Gasteiger partial charge in [0.15, 0.2) is 0 Å². The van der Waals surface area contributed by atoms with E-state index in [0.717, 1.165) is 23.6 Å². The lowest BCUT2D eigenvalue weighted by molar-refractivity contribution is 0.454. The van der Waals surface area contributed by atoms with E-state index in [4.69, 9.17) is 11.6 Å². The first kappa shape index (κ1) is 10.1. The molecule has 0 aliphatic carbocycles. The van der Waals surface area contributed by atoms with Crippen LogP contribution in [-0.2, 0) is 0 Å². The highest BCUT2D eigenvalue weighted by atomic mass is 35.5. The second-order valence-corrected chi connectivity index (χ2v) is 4.76. The molecule has 84 valence electrons. The summed E-state index contributed by atoms with van der Waals surface area (Å²) in [6.07, 6.45) is 2.34. The van der Waals surface area contributed by atoms with Gasteiger partial charge < -0.3 is 5.32 Å². The Balaban J connectivity index is 2.03. The van der Waals surface area contributed by atoms with Crippen LogP contribution in [0.3, 0.4) is 0 Å². The van der Waals surface area contributed by atoms with Crippen molar-refractivity contribution in [2.45, 2.75) is 18.8 Å². The van der Waals surface area contributed by atoms with Gasteiger partial charge >= 0.3 is 0 Å². The zero-order valence-electron chi connectivity index (χ0n) is 8.96. The number of H-pyrrole nitrogens is 1. The van der Waals surface area contributed by atoms with Crippen molar-refractivity contribution >= 4 is 22.5 Å². The molecule has 4 heteroatoms. The molecule has 16 heavy (non-hydrogen) atoms. The molecule has 2 N–H and O–H groups in total. The van der Waals surface area contributed by atoms with Crippen LogP contribution in [0.15, 0.2) is 18.2 Å². The summed E-state index contributed by atoms with van der Waals surface area (Å²) in [6, 6.07) is 5.94. The summed E-state index contributed by atoms with van der Waals surface area (Å²) >= 11 is 5.96. The minimum Gasteiger partial charge on any atom is -0.317 e. The van der Waals surface area contributed by atoms with Gasteiger partial charge in [0.25, 0.3) is 0 Å². The molecule has 0 spiro atoms. The number of hydrogen-bond acceptors (Lipinski definition) is 2. The van der Waals surface area contributed by atoms with E-state index < -0.39 is 0 Å². The maximum atomic E-state index is 5.96. The van der Waals surface area contributed by atoms with E-state index in [2.05, 4.69) is 21.6 Å². The Kier molecular flexibility index (Phi) is 2.58. The third-order valence-corrected chi connectivity index (χ3v) is 3.52. The Labute approximate surface area is 99.2 Å². The molecule has 0 amide bonds. The zero-order valence-corrected chi connectivity index (χ0v) is 9.72. The van der Waals surface area contributed by atoms with E-state index in [1.165, 1.54) is 23.9 Å². The second-order valence-electron chi connectivity index (χ2n) is 4.32. The van der Waals surface area contributed by atoms with Gasteiger partial charge in [-0.1, -0.05) is 11.6 Å². The average molecular weight is 236 g/mol. The van der Waals surface area contributed by atoms with Gasteiger partial charge in [-0.3, -0.25) is 5.10 Å². The number of aromatic nitrogens is 2. The molecule has 0 atom stereocenters. The summed E-state index contributed by atoms with van der Waals surface area (Å²) in [7, 11) is 0. The van der Waals surface area contributed by atoms with Crippen LogP contribution in [0.5, 0.6) is 0 Å². The summed E-state index contributed by atoms with van der Waals surface area (Å²) in [5, 5.41) is 12.9. The number of benzene rings is 1. The monoisotopic (exact) mass is 235 g/mol. The van der Waals surface area contributed by atoms with Gasteiger partial charge in [0.2, 0.25) is 0 Å². The summed E-state index contributed by atoms with van der Waals surface area (Å²) in [6.45, 7) is 2.18. The Hall–Kier alpha value is -1.06. The molecule has 2 heterocycles. The van der Waals surface area contributed by atoms with Crippen molar-refractivity contribution in [1.29, 1.82) is 0 Å². The van der Waals surface area contributed by atoms with Gasteiger partial charge in [-0.2, -0.15) is 5.10 Å². The molecule has 1 aromatic heterocycles. The molecular formula is C12H14ClN3. The van der Waals surface area contributed by atoms with Crippen LogP contribution in [0.2, 0.25) is 5.02 Å². The highest BCUT2D eigenvalue weighted by molar-refractivity contribution is 6.31. The quantitative estimate of drug-likeness (QED) is 0.798. The maximum absolute atomic E-state index is 5.96. The van der Waals surface area contributed by atoms with Crippen LogP contribution in [0.1, 0.15) is 24.5 Å². The van der Waals surface area contributed by atoms with Gasteiger partial charge in [-0.05, 0) is 44.1 Å². The molecule has 1 aliphatic rings. The number of aromatic amines is 1. The molecule has 1 saturated heterocycles. The van der Waals surface area contributed by atoms with Crippen LogP contribution in [-0.4, -0.2) is 23.3 Å². The summed E-state index contributed by atoms with van der Waals surface area (Å²) in [5.74, 6) is 0.580. The van der Waals surface area contributed by atoms with Crippen molar-refractivity contribution in [3.63, 3.8) is 0 Å². The fourth-order valence-electron chi connectivity index (χ4n) is 2.42. The third kappa shape index (κ3) is 1.70. The molecule has 0 unspecified atom stereocenters. The molecule has 3 nitrogen and oxygen atoms in total. The SMILES string of the molecule is Clc1ccc2c(C3CCNCC3)n[nH]c2c1. The number of nitrogens with one attached hydrogen (secondary N) is 2. The highest BCUT2D eigenvalue weighted by Gasteiger charge is 2.19. The predicted octanol–water partition coefficient (Wildman–Crippen LogP) is 2.68. The number of rotatable bonds is 1. The molecule has 0 saturated carbocycles. The lowest BCUT2D eigenvalue weighted by Gasteiger charge is -2.21. The number of hydrogen-bond donors (Lipinski definition) is 2. The minimum atomic E-state index is 0.580. The summed E-state index contributed by atoms with van der Waals surface area (Å²) in [5.41, 5.74) is 2.24. The largest absolute Gasteiger partial charge is 0.317 e. The lowest BCUT2D eigenvalue weighted by Crippen LogP contribution is -2.26. The van der Waals surface area contributed by atoms with Crippen LogP contribution in [0.25, 0.3) is 10.9 Å². The number of halogens is 1. The van der Waals surface area contributed by atoms with Crippen molar-refractivity contribution in [1.82, 2.24) is 15.5 Å². The Morgan fingerprint density at radius 3 is 2.88 bits per heavy atom. The van der Waals surface area contributed by atoms with Gasteiger partial charge in [0.1, 0.15) is 0 Å². The topological polar surface area (TPSA) is 40.7 Å². The number of nitrogens with zero attached hydrogens (tertiary/aromatic N) is 1. The van der Waals surface area contributed by atoms with Gasteiger partial charge in [-0.15, -0.1) is 0 Å². The first-order valence-corrected chi connectivity index (χ1v) is 6.06. The minimum absolute atomic E-state index is 0.580. The molecule has 0 bridgehead atoms. The van der Waals surface area contributed by atoms with Crippen LogP contribution in [0.4, 0.5) is 0 Å². The van der Waals surface area contributed by atoms with E-state index in [1.807, 2.05) is 12.1 Å². The smallest absolute Gasteiger partial charge is 0.0732 e. The van der Waals surface area contributed by atoms with Crippen molar-refractivity contribution in [2.24, 2.45) is 0 Å². The molecule has 3 rings (SSSR count). The maximum Gasteiger partial charge on any atom is 0.0732 e. The second kappa shape index (κ2) is 4.07. The van der Waals surface area contributed by atoms with E-state index >= 15 is 0 Å². The van der Waals surface area contributed by atoms with Crippen molar-refractivity contribution in [3.8, 4) is 0 Å². The van der Waals surface area contributed by atoms with Crippen LogP contribution >= 0.6 is 11.6 Å². The molecule has 1 aromatic carbocycles. The fraction of sp³-hybridized carbons (Fsp3) is 0.417. The Bertz CT molecular complexity index is 500. The van der Waals surface area contributed by atoms with E-state index in [9.17, 15) is 0 Å². The summed E-state index contributed by atoms with van der Waals surface area (Å²) in [4.78, 5) is 0. The number of piperidine rings is 1. The number of fused-ring (bicyclic) bond motifs is 1. The normalized spacial score (nSPS) is 18.1. The molecule has 1 aliphatic heterocycles. The Morgan fingerprint density at radius 2 is 2.06 bits per heavy atom. The lowest BCUT2D eigenvalue weighted by atomic mass is 9.93. The van der Waals surface area contributed by atoms with Gasteiger partial charge in [-0.25, -0.2) is 0 Å².